The largest absolute Gasteiger partial charge is 2.00 e. The van der Waals surface area contributed by atoms with Crippen molar-refractivity contribution in [2.75, 3.05) is 0 Å². The first-order valence-electron chi connectivity index (χ1n) is 44.4. The fraction of sp³-hybridized carbons (Fsp3) is 0.257. The number of hydrogen-bond donors (Lipinski definition) is 0. The number of halogens is 12. The summed E-state index contributed by atoms with van der Waals surface area (Å²) in [6.07, 6.45) is 5.10. The Morgan fingerprint density at radius 1 is 0.279 bits per heavy atom. The molecule has 16 aromatic heterocycles. The van der Waals surface area contributed by atoms with Crippen molar-refractivity contribution in [3.05, 3.63) is 400 Å². The van der Waals surface area contributed by atoms with E-state index in [1.54, 1.807) is 57.9 Å². The first kappa shape index (κ1) is 112. The van der Waals surface area contributed by atoms with E-state index < -0.39 is 74.6 Å². The molecular weight excluding hydrogens is 2280 g/mol. The average molecular weight is 2370 g/mol. The zero-order valence-electron chi connectivity index (χ0n) is 80.4. The van der Waals surface area contributed by atoms with Crippen LogP contribution >= 0.6 is 0 Å². The minimum atomic E-state index is -4.66. The van der Waals surface area contributed by atoms with Gasteiger partial charge in [0.25, 0.3) is 0 Å². The monoisotopic (exact) mass is 2360 g/mol. The molecule has 0 fully saturated rings. The number of hydrogen-bond acceptors (Lipinski definition) is 17. The average Bonchev–Trinajstić information content (AvgIpc) is 1.54. The summed E-state index contributed by atoms with van der Waals surface area (Å²) in [6.45, 7) is 36.0. The van der Waals surface area contributed by atoms with Gasteiger partial charge in [-0.3, -0.25) is 70.5 Å². The predicted molar refractivity (Wildman–Crippen MR) is 500 cm³/mol. The van der Waals surface area contributed by atoms with E-state index in [-0.39, 0.29) is 127 Å². The van der Waals surface area contributed by atoms with Crippen LogP contribution in [0.2, 0.25) is 0 Å². The molecule has 0 unspecified atom stereocenters. The van der Waals surface area contributed by atoms with Gasteiger partial charge in [-0.2, -0.15) is 52.7 Å². The second kappa shape index (κ2) is 43.6. The van der Waals surface area contributed by atoms with Crippen LogP contribution in [0.25, 0.3) is 62.5 Å². The minimum absolute atomic E-state index is 0. The van der Waals surface area contributed by atoms with E-state index in [0.29, 0.717) is 34.4 Å². The molecular formula is C105H86F12N26Pd4. The van der Waals surface area contributed by atoms with Crippen LogP contribution in [-0.4, -0.2) is 118 Å². The molecule has 0 amide bonds. The van der Waals surface area contributed by atoms with Gasteiger partial charge in [0.1, 0.15) is 5.41 Å². The maximum absolute atomic E-state index is 13.3. The van der Waals surface area contributed by atoms with Crippen molar-refractivity contribution in [3.8, 4) is 63.7 Å². The molecule has 0 spiro atoms. The SMILES string of the molecule is CC(C)(C)c1c[c-]n(-c2cccc(CCc3cccc(-n4[c-]cc(C(C)(C)C)n4)n3)n2)n1.CC(C)(c1cccc(-n2[c-]cc(C(F)(F)F)n2)n1)C(C)(C)c1cccc(-n2[c-]cc(C(F)(F)F)n2)n1.FC(F)(F)c1c[c-]n(-c2cccc(C3(c4cccc(-n5[c-]cc(C(F)(F)F)n5)n4)c4ccccc4-c4ccccc43)n2)n1.[C-]#[N+]c1c[c-]n(-c2cccc(C(C)(C)C(C)(C)c3cccc(-n4[c-]cc(C#N)n4)n3)n2)n1.[Pd+2].[Pd+2].[Pd+2].[Pd+2]. The third kappa shape index (κ3) is 23.7. The van der Waals surface area contributed by atoms with Gasteiger partial charge in [0.15, 0.2) is 0 Å². The van der Waals surface area contributed by atoms with Crippen molar-refractivity contribution in [2.45, 2.75) is 172 Å². The molecule has 42 heteroatoms. The van der Waals surface area contributed by atoms with Crippen LogP contribution in [-0.2, 0) is 157 Å². The standard InChI is InChI=1S/C31H16F6N6.C26H30N6.C24H20F6N6.C24H20N8.4Pd/c32-30(33,34)25-15-17-42(40-25)27-13-5-11-23(38-27)29(21-9-3-1-7-19(21)20-8-2-4-10-22(20)29)24-12-6-14-28(39-24)43-18-16-26(41-43)31(35,36)37;1-25(2,3)21-15-17-31(29-21)23-11-7-9-19(27-23)13-14-20-10-8-12-24(28-20)32-18-16-22(30-32)26(4,5)6;1-21(2,15-7-5-9-19(31-15)35-13-11-17(33-35)23(25,26)27)22(3,4)16-8-6-10-20(32-16)36-14-12-18(34-36)24(28,29)30;1-23(2,18-8-6-10-21(27-18)31-14-12-17(16-25)29-31)24(3,4)19-9-7-11-22(28-19)32-15-13-20(26-5)30-32;;;;/h1-16H;7-12,15-16H,13-14H2,1-6H3;5-12H,1-4H3;6-13H,1-4H3;;;;/q4*-2;4*+2. The molecule has 0 saturated heterocycles. The van der Waals surface area contributed by atoms with Crippen LogP contribution < -0.4 is 0 Å². The fourth-order valence-electron chi connectivity index (χ4n) is 15.6. The smallest absolute Gasteiger partial charge is 0.343 e. The van der Waals surface area contributed by atoms with Crippen LogP contribution in [0.3, 0.4) is 0 Å². The summed E-state index contributed by atoms with van der Waals surface area (Å²) < 4.78 is 168. The molecule has 19 rings (SSSR count). The maximum atomic E-state index is 13.3. The third-order valence-electron chi connectivity index (χ3n) is 24.9. The van der Waals surface area contributed by atoms with Crippen LogP contribution in [0.4, 0.5) is 58.5 Å². The van der Waals surface area contributed by atoms with Crippen LogP contribution in [0.1, 0.15) is 193 Å². The zero-order valence-corrected chi connectivity index (χ0v) is 86.7. The van der Waals surface area contributed by atoms with Crippen molar-refractivity contribution >= 4 is 5.82 Å². The summed E-state index contributed by atoms with van der Waals surface area (Å²) in [5.74, 6) is 3.49. The molecule has 0 atom stereocenters. The number of pyridine rings is 8. The summed E-state index contributed by atoms with van der Waals surface area (Å²) in [5, 5.41) is 41.0. The van der Waals surface area contributed by atoms with Crippen molar-refractivity contribution in [1.82, 2.24) is 118 Å². The second-order valence-corrected chi connectivity index (χ2v) is 37.4. The van der Waals surface area contributed by atoms with Gasteiger partial charge >= 0.3 is 112 Å². The van der Waals surface area contributed by atoms with Crippen molar-refractivity contribution < 1.29 is 134 Å². The van der Waals surface area contributed by atoms with Gasteiger partial charge in [-0.25, -0.2) is 15.0 Å². The first-order valence-corrected chi connectivity index (χ1v) is 44.4. The maximum Gasteiger partial charge on any atom is 2.00 e. The van der Waals surface area contributed by atoms with Gasteiger partial charge in [0, 0.05) is 67.2 Å². The van der Waals surface area contributed by atoms with Crippen molar-refractivity contribution in [2.24, 2.45) is 0 Å². The van der Waals surface area contributed by atoms with Crippen molar-refractivity contribution in [1.29, 1.82) is 5.26 Å². The summed E-state index contributed by atoms with van der Waals surface area (Å²) in [7, 11) is 0. The van der Waals surface area contributed by atoms with E-state index in [9.17, 15) is 52.7 Å². The Bertz CT molecular complexity index is 7300. The zero-order chi connectivity index (χ0) is 102. The molecule has 0 N–H and O–H groups in total. The van der Waals surface area contributed by atoms with Gasteiger partial charge < -0.3 is 37.6 Å². The molecule has 1 aliphatic carbocycles. The summed E-state index contributed by atoms with van der Waals surface area (Å²) in [5.41, 5.74) is 3.26. The molecule has 0 saturated carbocycles. The van der Waals surface area contributed by atoms with E-state index in [0.717, 1.165) is 124 Å². The summed E-state index contributed by atoms with van der Waals surface area (Å²) in [4.78, 5) is 41.2. The van der Waals surface area contributed by atoms with E-state index in [2.05, 4.69) is 174 Å². The van der Waals surface area contributed by atoms with E-state index in [1.165, 1.54) is 45.8 Å². The number of aryl methyl sites for hydroxylation is 2. The van der Waals surface area contributed by atoms with Gasteiger partial charge in [0.05, 0.1) is 81.1 Å². The Kier molecular flexibility index (Phi) is 33.2. The Labute approximate surface area is 893 Å². The number of nitrogens with zero attached hydrogens (tertiary/aromatic N) is 26. The number of rotatable bonds is 19. The molecule has 147 heavy (non-hydrogen) atoms. The Balaban J connectivity index is 0.000000174. The molecule has 26 nitrogen and oxygen atoms in total. The third-order valence-corrected chi connectivity index (χ3v) is 24.9. The van der Waals surface area contributed by atoms with E-state index in [4.69, 9.17) is 41.7 Å². The minimum Gasteiger partial charge on any atom is -0.343 e. The molecule has 0 bridgehead atoms. The van der Waals surface area contributed by atoms with Crippen LogP contribution in [0.15, 0.2) is 243 Å². The normalized spacial score (nSPS) is 12.6. The number of alkyl halides is 12. The molecule has 0 radical (unpaired) electrons. The number of benzene rings is 2. The quantitative estimate of drug-likeness (QED) is 0.0413. The summed E-state index contributed by atoms with van der Waals surface area (Å²) in [6, 6.07) is 70.1. The Hall–Kier alpha value is -13.9. The molecule has 2 aromatic carbocycles. The van der Waals surface area contributed by atoms with E-state index in [1.807, 2.05) is 167 Å². The Morgan fingerprint density at radius 2 is 0.524 bits per heavy atom. The van der Waals surface area contributed by atoms with Crippen molar-refractivity contribution in [3.63, 3.8) is 0 Å². The second-order valence-electron chi connectivity index (χ2n) is 37.4. The van der Waals surface area contributed by atoms with Gasteiger partial charge in [-0.05, 0) is 123 Å². The summed E-state index contributed by atoms with van der Waals surface area (Å²) >= 11 is 0. The molecule has 16 heterocycles. The molecule has 0 aliphatic heterocycles. The Morgan fingerprint density at radius 3 is 0.789 bits per heavy atom. The van der Waals surface area contributed by atoms with Crippen LogP contribution in [0.5, 0.6) is 0 Å². The fourth-order valence-corrected chi connectivity index (χ4v) is 15.6. The number of fused-ring (bicyclic) bond motifs is 3. The van der Waals surface area contributed by atoms with E-state index >= 15 is 0 Å². The molecule has 18 aromatic rings. The number of nitriles is 1. The molecule has 1 aliphatic rings. The number of aromatic nitrogens is 24. The topological polar surface area (TPSA) is 274 Å². The first-order chi connectivity index (χ1) is 67.5. The van der Waals surface area contributed by atoms with Gasteiger partial charge in [-0.15, -0.1) is 42.5 Å². The van der Waals surface area contributed by atoms with Gasteiger partial charge in [0.2, 0.25) is 0 Å². The van der Waals surface area contributed by atoms with Crippen LogP contribution in [0, 0.1) is 67.5 Å². The predicted octanol–water partition coefficient (Wildman–Crippen LogP) is 21.5. The van der Waals surface area contributed by atoms with Gasteiger partial charge in [-0.1, -0.05) is 292 Å². The molecule has 760 valence electrons.